The number of carboxylic acids is 1. The highest BCUT2D eigenvalue weighted by molar-refractivity contribution is 7.80. The van der Waals surface area contributed by atoms with Crippen LogP contribution in [-0.2, 0) is 38.1 Å². The zero-order chi connectivity index (χ0) is 52.0. The van der Waals surface area contributed by atoms with Crippen LogP contribution in [-0.4, -0.2) is 105 Å². The van der Waals surface area contributed by atoms with Gasteiger partial charge in [0.2, 0.25) is 0 Å². The van der Waals surface area contributed by atoms with Crippen molar-refractivity contribution in [1.82, 2.24) is 0 Å². The molecule has 0 unspecified atom stereocenters. The van der Waals surface area contributed by atoms with E-state index in [1.807, 2.05) is 123 Å². The third kappa shape index (κ3) is 2570. The Morgan fingerprint density at radius 1 is 0.632 bits per heavy atom. The van der Waals surface area contributed by atoms with Gasteiger partial charge in [-0.2, -0.15) is 8.78 Å². The van der Waals surface area contributed by atoms with Gasteiger partial charge >= 0.3 is 25.2 Å². The lowest BCUT2D eigenvalue weighted by Crippen LogP contribution is -2.10. The Morgan fingerprint density at radius 3 is 0.702 bits per heavy atom. The summed E-state index contributed by atoms with van der Waals surface area (Å²) in [5.74, 6) is -1.32. The quantitative estimate of drug-likeness (QED) is 0.0641. The van der Waals surface area contributed by atoms with E-state index in [2.05, 4.69) is 45.0 Å². The Balaban J connectivity index is -0.0000000179. The number of carbonyl (C=O) groups excluding carboxylic acids is 3. The molecule has 0 aromatic rings. The van der Waals surface area contributed by atoms with E-state index >= 15 is 0 Å². The molecule has 17 heteroatoms. The van der Waals surface area contributed by atoms with Crippen molar-refractivity contribution in [3.63, 3.8) is 0 Å². The number of methoxy groups -OCH3 is 4. The maximum atomic E-state index is 11.2. The fourth-order valence-electron chi connectivity index (χ4n) is 0. The molecule has 0 atom stereocenters. The maximum absolute atomic E-state index is 11.2. The summed E-state index contributed by atoms with van der Waals surface area (Å²) in [5.41, 5.74) is 0. The Labute approximate surface area is 359 Å². The number of halogens is 3. The first-order valence-corrected chi connectivity index (χ1v) is 19.4. The maximum Gasteiger partial charge on any atom is 0.448 e. The fourth-order valence-corrected chi connectivity index (χ4v) is 0. The third-order valence-electron chi connectivity index (χ3n) is 1.55. The van der Waals surface area contributed by atoms with E-state index in [1.165, 1.54) is 48.2 Å². The molecule has 0 aromatic carbocycles. The van der Waals surface area contributed by atoms with Crippen molar-refractivity contribution in [3.05, 3.63) is 12.2 Å². The van der Waals surface area contributed by atoms with Crippen molar-refractivity contribution in [2.75, 3.05) is 42.7 Å². The van der Waals surface area contributed by atoms with E-state index in [1.54, 1.807) is 14.0 Å². The lowest BCUT2D eigenvalue weighted by atomic mass is 9.99. The minimum atomic E-state index is -2.96. The van der Waals surface area contributed by atoms with Crippen molar-refractivity contribution < 1.29 is 71.6 Å². The van der Waals surface area contributed by atoms with Crippen LogP contribution in [0, 0.1) is 0 Å². The monoisotopic (exact) mass is 875 g/mol. The van der Waals surface area contributed by atoms with Gasteiger partial charge in [-0.15, -0.1) is 0 Å². The average molecular weight is 875 g/mol. The van der Waals surface area contributed by atoms with E-state index in [0.29, 0.717) is 19.2 Å². The number of rotatable bonds is 1. The van der Waals surface area contributed by atoms with Crippen LogP contribution in [0.1, 0.15) is 173 Å². The second kappa shape index (κ2) is 210. The van der Waals surface area contributed by atoms with Crippen LogP contribution < -0.4 is 0 Å². The molecule has 0 aliphatic rings. The van der Waals surface area contributed by atoms with E-state index in [0.717, 1.165) is 27.4 Å². The number of hydrogen-bond acceptors (Lipinski definition) is 12. The normalized spacial score (nSPS) is 6.12. The molecular weight excluding hydrogens is 772 g/mol. The number of aliphatic hydroxyl groups excluding tert-OH is 1. The Bertz CT molecular complexity index is 502. The number of allylic oxidation sites excluding steroid dienone is 2. The summed E-state index contributed by atoms with van der Waals surface area (Å²) in [6, 6.07) is 0. The van der Waals surface area contributed by atoms with Gasteiger partial charge in [-0.3, -0.25) is 18.8 Å². The number of thiocarbonyl (C=S) groups is 1. The van der Waals surface area contributed by atoms with Crippen LogP contribution in [0.15, 0.2) is 12.2 Å². The molecule has 364 valence electrons. The van der Waals surface area contributed by atoms with Gasteiger partial charge in [0.15, 0.2) is 5.05 Å². The zero-order valence-corrected chi connectivity index (χ0v) is 43.9. The smallest absolute Gasteiger partial charge is 0.448 e. The topological polar surface area (TPSA) is 186 Å². The summed E-state index contributed by atoms with van der Waals surface area (Å²) in [6.45, 7) is 45.2. The van der Waals surface area contributed by atoms with Gasteiger partial charge in [0.25, 0.3) is 5.97 Å². The number of esters is 2. The predicted octanol–water partition coefficient (Wildman–Crippen LogP) is 12.3. The highest BCUT2D eigenvalue weighted by Gasteiger charge is 2.17. The molecule has 0 aliphatic heterocycles. The van der Waals surface area contributed by atoms with Gasteiger partial charge < -0.3 is 44.0 Å². The summed E-state index contributed by atoms with van der Waals surface area (Å²) in [4.78, 5) is 37.0. The minimum Gasteiger partial charge on any atom is -0.491 e. The SMILES string of the molecule is C/C=C/C.CB(O)O.CC.CC.CC.CC.CC.CC.CC.CC(=O)O.CC=O.CCC.CF.CO.COC(C)(F)F.COC(C)=O.COC(C)=O.COC(C)=S. The van der Waals surface area contributed by atoms with Crippen molar-refractivity contribution >= 4 is 48.6 Å². The van der Waals surface area contributed by atoms with Crippen LogP contribution in [0.5, 0.6) is 0 Å². The molecule has 0 saturated carbocycles. The fraction of sp³-hybridized carbons (Fsp3) is 0.825. The van der Waals surface area contributed by atoms with E-state index in [4.69, 9.17) is 29.9 Å². The van der Waals surface area contributed by atoms with Crippen LogP contribution >= 0.6 is 12.2 Å². The standard InChI is InChI=1S/C4H8.C3H6F2O.2C3H6O2.C3H6OS.C3H8.C2H4O2.C2H4O.7C2H6.CH5BO2.CH3F.CH4O/c1-3-4-2;1-3(4,5)6-2;2*1-3(4)5-2;1-3(5)4-2;1-3-2;1-2(3)4;1-2-3;7*1-2;1-2(3)4;2*1-2/h3-4H,1-2H3;1-2H3;3*1-2H3;3H2,1-2H3;1H3,(H,3,4);2H,1H3;7*1-2H3;3-4H,1H3;1H3;2H,1H3/b4-3+;;;;;;;;;;;;;;;;;. The first-order valence-electron chi connectivity index (χ1n) is 19.0. The molecule has 0 saturated heterocycles. The Hall–Kier alpha value is -2.60. The molecule has 0 aliphatic carbocycles. The number of carbonyl (C=O) groups is 4. The van der Waals surface area contributed by atoms with Gasteiger partial charge in [-0.25, -0.2) is 0 Å². The zero-order valence-electron chi connectivity index (χ0n) is 43.1. The second-order valence-corrected chi connectivity index (χ2v) is 6.43. The molecule has 0 spiro atoms. The first-order chi connectivity index (χ1) is 26.6. The number of aliphatic carboxylic acids is 1. The highest BCUT2D eigenvalue weighted by atomic mass is 32.1. The lowest BCUT2D eigenvalue weighted by Gasteiger charge is -2.03. The van der Waals surface area contributed by atoms with Crippen LogP contribution in [0.4, 0.5) is 13.2 Å². The number of hydrogen-bond donors (Lipinski definition) is 4. The number of aliphatic hydroxyl groups is 1. The molecule has 4 N–H and O–H groups in total. The van der Waals surface area contributed by atoms with E-state index in [-0.39, 0.29) is 11.9 Å². The highest BCUT2D eigenvalue weighted by Crippen LogP contribution is 2.09. The largest absolute Gasteiger partial charge is 0.491 e. The van der Waals surface area contributed by atoms with E-state index in [9.17, 15) is 22.8 Å². The van der Waals surface area contributed by atoms with Crippen molar-refractivity contribution in [2.45, 2.75) is 186 Å². The van der Waals surface area contributed by atoms with Gasteiger partial charge in [0, 0.05) is 48.8 Å². The molecule has 0 fully saturated rings. The van der Waals surface area contributed by atoms with Crippen molar-refractivity contribution in [2.24, 2.45) is 0 Å². The number of carboxylic acid groups (broad SMARTS) is 1. The van der Waals surface area contributed by atoms with Crippen molar-refractivity contribution in [1.29, 1.82) is 0 Å². The molecule has 0 rings (SSSR count). The summed E-state index contributed by atoms with van der Waals surface area (Å²) >= 11 is 4.47. The number of alkyl halides is 3. The third-order valence-corrected chi connectivity index (χ3v) is 1.72. The summed E-state index contributed by atoms with van der Waals surface area (Å²) < 4.78 is 48.3. The molecule has 0 aromatic heterocycles. The molecular formula is C40H102BF3O12S. The molecule has 0 radical (unpaired) electrons. The van der Waals surface area contributed by atoms with Crippen LogP contribution in [0.2, 0.25) is 6.82 Å². The number of ether oxygens (including phenoxy) is 4. The van der Waals surface area contributed by atoms with E-state index < -0.39 is 19.2 Å². The Kier molecular flexibility index (Phi) is 432. The van der Waals surface area contributed by atoms with Crippen LogP contribution in [0.3, 0.4) is 0 Å². The first kappa shape index (κ1) is 117. The average Bonchev–Trinajstić information content (AvgIpc) is 3.22. The van der Waals surface area contributed by atoms with Gasteiger partial charge in [-0.05, 0) is 39.8 Å². The summed E-state index contributed by atoms with van der Waals surface area (Å²) in [7, 11) is 5.55. The lowest BCUT2D eigenvalue weighted by molar-refractivity contribution is -0.205. The minimum absolute atomic E-state index is 0.245. The van der Waals surface area contributed by atoms with Gasteiger partial charge in [0.1, 0.15) is 6.29 Å². The van der Waals surface area contributed by atoms with Gasteiger partial charge in [0.05, 0.1) is 28.5 Å². The summed E-state index contributed by atoms with van der Waals surface area (Å²) in [5, 5.41) is 30.2. The predicted molar refractivity (Wildman–Crippen MR) is 250 cm³/mol. The van der Waals surface area contributed by atoms with Gasteiger partial charge in [-0.1, -0.05) is 129 Å². The second-order valence-electron chi connectivity index (χ2n) is 5.86. The van der Waals surface area contributed by atoms with Crippen molar-refractivity contribution in [3.8, 4) is 0 Å². The van der Waals surface area contributed by atoms with Crippen LogP contribution in [0.25, 0.3) is 0 Å². The molecule has 0 bridgehead atoms. The Morgan fingerprint density at radius 2 is 0.702 bits per heavy atom. The molecule has 0 heterocycles. The molecule has 0 amide bonds. The molecule has 12 nitrogen and oxygen atoms in total. The molecule has 57 heavy (non-hydrogen) atoms. The number of aldehydes is 1. The summed E-state index contributed by atoms with van der Waals surface area (Å²) in [6.07, 6.45) is 3.04.